The van der Waals surface area contributed by atoms with Crippen molar-refractivity contribution in [3.05, 3.63) is 96.0 Å². The molecule has 0 bridgehead atoms. The molecule has 0 aliphatic heterocycles. The molecule has 144 valence electrons. The summed E-state index contributed by atoms with van der Waals surface area (Å²) >= 11 is 0. The van der Waals surface area contributed by atoms with E-state index in [1.807, 2.05) is 54.7 Å². The molecule has 6 nitrogen and oxygen atoms in total. The van der Waals surface area contributed by atoms with Gasteiger partial charge in [0.1, 0.15) is 5.58 Å². The first-order chi connectivity index (χ1) is 14.2. The summed E-state index contributed by atoms with van der Waals surface area (Å²) in [5.41, 5.74) is 2.52. The van der Waals surface area contributed by atoms with Crippen LogP contribution >= 0.6 is 0 Å². The first-order valence-corrected chi connectivity index (χ1v) is 9.10. The quantitative estimate of drug-likeness (QED) is 0.271. The van der Waals surface area contributed by atoms with Gasteiger partial charge in [-0.1, -0.05) is 48.5 Å². The molecule has 2 aromatic heterocycles. The normalized spacial score (nSPS) is 11.2. The van der Waals surface area contributed by atoms with Crippen LogP contribution in [0.25, 0.3) is 17.0 Å². The Morgan fingerprint density at radius 3 is 2.69 bits per heavy atom. The number of carbonyl (C=O) groups excluding carboxylic acids is 2. The van der Waals surface area contributed by atoms with Crippen molar-refractivity contribution in [3.63, 3.8) is 0 Å². The summed E-state index contributed by atoms with van der Waals surface area (Å²) in [6.07, 6.45) is 6.36. The van der Waals surface area contributed by atoms with Crippen LogP contribution < -0.4 is 0 Å². The van der Waals surface area contributed by atoms with Crippen molar-refractivity contribution < 1.29 is 18.7 Å². The number of ether oxygens (including phenoxy) is 1. The maximum absolute atomic E-state index is 12.2. The standard InChI is InChI=1S/C23H18N2O4/c26-20(22-12-19-8-4-5-9-21(19)29-22)16-28-23(27)11-10-18-13-24-25(15-18)14-17-6-2-1-3-7-17/h1-13,15H,14,16H2/b11-10+. The Morgan fingerprint density at radius 1 is 1.07 bits per heavy atom. The van der Waals surface area contributed by atoms with Gasteiger partial charge in [-0.25, -0.2) is 4.79 Å². The van der Waals surface area contributed by atoms with Crippen LogP contribution in [-0.4, -0.2) is 28.1 Å². The molecule has 0 fully saturated rings. The van der Waals surface area contributed by atoms with E-state index in [0.717, 1.165) is 16.5 Å². The van der Waals surface area contributed by atoms with Gasteiger partial charge in [-0.05, 0) is 23.8 Å². The predicted molar refractivity (Wildman–Crippen MR) is 108 cm³/mol. The van der Waals surface area contributed by atoms with Gasteiger partial charge in [0.05, 0.1) is 12.7 Å². The third-order valence-corrected chi connectivity index (χ3v) is 4.30. The van der Waals surface area contributed by atoms with Crippen LogP contribution in [0.4, 0.5) is 0 Å². The van der Waals surface area contributed by atoms with E-state index < -0.39 is 11.8 Å². The SMILES string of the molecule is O=C(/C=C/c1cnn(Cc2ccccc2)c1)OCC(=O)c1cc2ccccc2o1. The number of hydrogen-bond donors (Lipinski definition) is 0. The fourth-order valence-corrected chi connectivity index (χ4v) is 2.86. The lowest BCUT2D eigenvalue weighted by Crippen LogP contribution is -2.11. The van der Waals surface area contributed by atoms with E-state index >= 15 is 0 Å². The van der Waals surface area contributed by atoms with Gasteiger partial charge < -0.3 is 9.15 Å². The molecule has 0 saturated heterocycles. The van der Waals surface area contributed by atoms with Gasteiger partial charge in [-0.2, -0.15) is 5.10 Å². The van der Waals surface area contributed by atoms with E-state index in [0.29, 0.717) is 12.1 Å². The number of Topliss-reactive ketones (excluding diaryl/α,β-unsaturated/α-hetero) is 1. The number of ketones is 1. The summed E-state index contributed by atoms with van der Waals surface area (Å²) < 4.78 is 12.3. The molecule has 4 aromatic rings. The topological polar surface area (TPSA) is 74.3 Å². The van der Waals surface area contributed by atoms with Gasteiger partial charge in [0.2, 0.25) is 5.78 Å². The number of para-hydroxylation sites is 1. The van der Waals surface area contributed by atoms with Crippen LogP contribution in [0.2, 0.25) is 0 Å². The minimum absolute atomic E-state index is 0.171. The van der Waals surface area contributed by atoms with Crippen LogP contribution in [0.15, 0.2) is 83.6 Å². The van der Waals surface area contributed by atoms with Crippen molar-refractivity contribution in [1.82, 2.24) is 9.78 Å². The number of carbonyl (C=O) groups is 2. The fraction of sp³-hybridized carbons (Fsp3) is 0.0870. The van der Waals surface area contributed by atoms with Crippen LogP contribution in [0.5, 0.6) is 0 Å². The van der Waals surface area contributed by atoms with Crippen molar-refractivity contribution in [2.24, 2.45) is 0 Å². The zero-order chi connectivity index (χ0) is 20.1. The van der Waals surface area contributed by atoms with E-state index in [-0.39, 0.29) is 12.4 Å². The van der Waals surface area contributed by atoms with E-state index in [4.69, 9.17) is 9.15 Å². The summed E-state index contributed by atoms with van der Waals surface area (Å²) in [6, 6.07) is 18.9. The zero-order valence-electron chi connectivity index (χ0n) is 15.5. The molecule has 0 N–H and O–H groups in total. The Hall–Kier alpha value is -3.93. The highest BCUT2D eigenvalue weighted by Crippen LogP contribution is 2.19. The van der Waals surface area contributed by atoms with Crippen LogP contribution in [0.1, 0.15) is 21.7 Å². The molecule has 0 aliphatic carbocycles. The number of nitrogens with zero attached hydrogens (tertiary/aromatic N) is 2. The third kappa shape index (κ3) is 4.68. The number of hydrogen-bond acceptors (Lipinski definition) is 5. The molecule has 0 amide bonds. The summed E-state index contributed by atoms with van der Waals surface area (Å²) in [6.45, 7) is 0.265. The summed E-state index contributed by atoms with van der Waals surface area (Å²) in [4.78, 5) is 24.1. The monoisotopic (exact) mass is 386 g/mol. The van der Waals surface area contributed by atoms with Gasteiger partial charge in [0, 0.05) is 23.2 Å². The average Bonchev–Trinajstić information content (AvgIpc) is 3.38. The first kappa shape index (κ1) is 18.4. The number of furan rings is 1. The fourth-order valence-electron chi connectivity index (χ4n) is 2.86. The van der Waals surface area contributed by atoms with Gasteiger partial charge >= 0.3 is 5.97 Å². The zero-order valence-corrected chi connectivity index (χ0v) is 15.5. The van der Waals surface area contributed by atoms with Crippen LogP contribution in [0.3, 0.4) is 0 Å². The number of benzene rings is 2. The van der Waals surface area contributed by atoms with Crippen molar-refractivity contribution in [2.75, 3.05) is 6.61 Å². The number of fused-ring (bicyclic) bond motifs is 1. The molecule has 6 heteroatoms. The van der Waals surface area contributed by atoms with Crippen molar-refractivity contribution in [1.29, 1.82) is 0 Å². The van der Waals surface area contributed by atoms with E-state index in [1.165, 1.54) is 6.08 Å². The molecule has 0 unspecified atom stereocenters. The van der Waals surface area contributed by atoms with Crippen LogP contribution in [0, 0.1) is 0 Å². The lowest BCUT2D eigenvalue weighted by Gasteiger charge is -2.00. The van der Waals surface area contributed by atoms with Crippen molar-refractivity contribution in [2.45, 2.75) is 6.54 Å². The minimum atomic E-state index is -0.606. The molecule has 0 radical (unpaired) electrons. The van der Waals surface area contributed by atoms with Crippen molar-refractivity contribution >= 4 is 28.8 Å². The maximum Gasteiger partial charge on any atom is 0.331 e. The summed E-state index contributed by atoms with van der Waals surface area (Å²) in [5, 5.41) is 5.10. The molecule has 29 heavy (non-hydrogen) atoms. The second kappa shape index (κ2) is 8.39. The lowest BCUT2D eigenvalue weighted by molar-refractivity contribution is -0.136. The molecular weight excluding hydrogens is 368 g/mol. The Labute approximate surface area is 167 Å². The molecule has 0 atom stereocenters. The van der Waals surface area contributed by atoms with E-state index in [9.17, 15) is 9.59 Å². The Kier molecular flexibility index (Phi) is 5.33. The highest BCUT2D eigenvalue weighted by Gasteiger charge is 2.13. The van der Waals surface area contributed by atoms with Gasteiger partial charge in [-0.15, -0.1) is 0 Å². The van der Waals surface area contributed by atoms with Gasteiger partial charge in [0.25, 0.3) is 0 Å². The second-order valence-corrected chi connectivity index (χ2v) is 6.47. The first-order valence-electron chi connectivity index (χ1n) is 9.10. The number of esters is 1. The Bertz CT molecular complexity index is 1140. The van der Waals surface area contributed by atoms with Crippen molar-refractivity contribution in [3.8, 4) is 0 Å². The highest BCUT2D eigenvalue weighted by atomic mass is 16.5. The molecule has 0 spiro atoms. The van der Waals surface area contributed by atoms with E-state index in [2.05, 4.69) is 5.10 Å². The summed E-state index contributed by atoms with van der Waals surface area (Å²) in [7, 11) is 0. The third-order valence-electron chi connectivity index (χ3n) is 4.30. The Morgan fingerprint density at radius 2 is 1.86 bits per heavy atom. The lowest BCUT2D eigenvalue weighted by atomic mass is 10.2. The average molecular weight is 386 g/mol. The highest BCUT2D eigenvalue weighted by molar-refractivity contribution is 5.99. The van der Waals surface area contributed by atoms with Gasteiger partial charge in [0.15, 0.2) is 12.4 Å². The summed E-state index contributed by atoms with van der Waals surface area (Å²) in [5.74, 6) is -0.825. The molecular formula is C23H18N2O4. The molecule has 4 rings (SSSR count). The largest absolute Gasteiger partial charge is 0.454 e. The van der Waals surface area contributed by atoms with E-state index in [1.54, 1.807) is 29.1 Å². The Balaban J connectivity index is 1.30. The number of aromatic nitrogens is 2. The predicted octanol–water partition coefficient (Wildman–Crippen LogP) is 4.12. The van der Waals surface area contributed by atoms with Crippen LogP contribution in [-0.2, 0) is 16.1 Å². The maximum atomic E-state index is 12.2. The molecule has 0 saturated carbocycles. The molecule has 0 aliphatic rings. The molecule has 2 heterocycles. The number of rotatable bonds is 7. The minimum Gasteiger partial charge on any atom is -0.454 e. The van der Waals surface area contributed by atoms with Gasteiger partial charge in [-0.3, -0.25) is 9.48 Å². The molecule has 2 aromatic carbocycles. The smallest absolute Gasteiger partial charge is 0.331 e. The second-order valence-electron chi connectivity index (χ2n) is 6.47.